The van der Waals surface area contributed by atoms with E-state index >= 15 is 0 Å². The van der Waals surface area contributed by atoms with Gasteiger partial charge in [0.2, 0.25) is 0 Å². The number of nitrogens with two attached hydrogens (primary N) is 1. The normalized spacial score (nSPS) is 9.47. The van der Waals surface area contributed by atoms with Crippen LogP contribution in [0, 0.1) is 35.3 Å². The van der Waals surface area contributed by atoms with Gasteiger partial charge in [-0.25, -0.2) is 9.59 Å². The molecule has 20 heteroatoms. The van der Waals surface area contributed by atoms with Gasteiger partial charge in [-0.3, -0.25) is 14.9 Å². The summed E-state index contributed by atoms with van der Waals surface area (Å²) in [6.45, 7) is 9.65. The summed E-state index contributed by atoms with van der Waals surface area (Å²) in [4.78, 5) is 39.6. The molecule has 0 unspecified atom stereocenters. The van der Waals surface area contributed by atoms with Gasteiger partial charge in [0.25, 0.3) is 5.69 Å². The van der Waals surface area contributed by atoms with Crippen molar-refractivity contribution in [2.24, 2.45) is 0 Å². The van der Waals surface area contributed by atoms with Gasteiger partial charge < -0.3 is 15.8 Å². The minimum Gasteiger partial charge on any atom is -0.399 e. The van der Waals surface area contributed by atoms with E-state index in [-0.39, 0.29) is 0 Å². The van der Waals surface area contributed by atoms with Crippen LogP contribution in [0.15, 0.2) is 51.4 Å². The lowest BCUT2D eigenvalue weighted by Crippen LogP contribution is -2.34. The van der Waals surface area contributed by atoms with Crippen molar-refractivity contribution in [1.29, 1.82) is 0 Å². The predicted molar refractivity (Wildman–Crippen MR) is 164 cm³/mol. The molecule has 0 spiro atoms. The Morgan fingerprint density at radius 3 is 1.43 bits per heavy atom. The molecule has 264 valence electrons. The highest BCUT2D eigenvalue weighted by Gasteiger charge is 2.49. The summed E-state index contributed by atoms with van der Waals surface area (Å²) >= 11 is 6.22. The number of hydrogen-bond donors (Lipinski definition) is 2. The molecule has 0 saturated carbocycles. The first-order valence-electron chi connectivity index (χ1n) is 11.9. The quantitative estimate of drug-likeness (QED) is 0.0586. The van der Waals surface area contributed by atoms with E-state index in [0.29, 0.717) is 4.47 Å². The number of benzene rings is 2. The number of rotatable bonds is 2. The second-order valence-electron chi connectivity index (χ2n) is 6.38. The topological polar surface area (TPSA) is 142 Å². The number of ether oxygens (including phenoxy) is 1. The maximum absolute atomic E-state index is 12.0. The van der Waals surface area contributed by atoms with Crippen molar-refractivity contribution in [1.82, 2.24) is 0 Å². The largest absolute Gasteiger partial charge is 0.491 e. The lowest BCUT2D eigenvalue weighted by atomic mass is 10.2. The Balaban J connectivity index is -0.000000173. The van der Waals surface area contributed by atoms with Crippen LogP contribution >= 0.6 is 31.9 Å². The van der Waals surface area contributed by atoms with E-state index in [4.69, 9.17) is 5.73 Å². The highest BCUT2D eigenvalue weighted by Crippen LogP contribution is 2.29. The van der Waals surface area contributed by atoms with Crippen molar-refractivity contribution in [3.63, 3.8) is 0 Å². The highest BCUT2D eigenvalue weighted by atomic mass is 79.9. The molecule has 0 fully saturated rings. The molecule has 0 aliphatic carbocycles. The van der Waals surface area contributed by atoms with Crippen molar-refractivity contribution in [2.45, 2.75) is 53.1 Å². The molecule has 0 atom stereocenters. The van der Waals surface area contributed by atoms with E-state index in [1.165, 1.54) is 11.4 Å². The number of amides is 1. The van der Waals surface area contributed by atoms with Gasteiger partial charge in [-0.1, -0.05) is 59.6 Å². The van der Waals surface area contributed by atoms with E-state index in [2.05, 4.69) is 61.8 Å². The van der Waals surface area contributed by atoms with Gasteiger partial charge >= 0.3 is 36.4 Å². The molecule has 2 rings (SSSR count). The van der Waals surface area contributed by atoms with Gasteiger partial charge in [0.1, 0.15) is 5.69 Å². The minimum atomic E-state index is -5.62. The molecule has 9 nitrogen and oxygen atoms in total. The zero-order chi connectivity index (χ0) is 38.8. The molecular weight excluding hydrogens is 793 g/mol. The van der Waals surface area contributed by atoms with Crippen molar-refractivity contribution in [3.05, 3.63) is 61.5 Å². The summed E-state index contributed by atoms with van der Waals surface area (Å²) in [7, 11) is 0. The Hall–Kier alpha value is -4.30. The number of halogens is 11. The van der Waals surface area contributed by atoms with Crippen molar-refractivity contribution in [3.8, 4) is 25.2 Å². The lowest BCUT2D eigenvalue weighted by molar-refractivity contribution is -0.384. The number of carbonyl (C=O) groups is 3. The number of nitrogens with one attached hydrogen (secondary N) is 1. The Morgan fingerprint density at radius 2 is 1.15 bits per heavy atom. The molecule has 2 aromatic carbocycles. The number of nitro benzene ring substituents is 1. The Morgan fingerprint density at radius 1 is 0.809 bits per heavy atom. The van der Waals surface area contributed by atoms with Gasteiger partial charge in [0, 0.05) is 20.7 Å². The molecule has 2 aromatic rings. The fourth-order valence-corrected chi connectivity index (χ4v) is 2.23. The fraction of sp³-hybridized carbons (Fsp3) is 0.296. The Bertz CT molecular complexity index is 1250. The fourth-order valence-electron chi connectivity index (χ4n) is 1.62. The highest BCUT2D eigenvalue weighted by molar-refractivity contribution is 9.10. The maximum atomic E-state index is 12.0. The van der Waals surface area contributed by atoms with E-state index in [0.717, 1.165) is 22.3 Å². The van der Waals surface area contributed by atoms with Gasteiger partial charge in [-0.2, -0.15) is 39.5 Å². The molecule has 3 N–H and O–H groups in total. The first kappa shape index (κ1) is 52.2. The van der Waals surface area contributed by atoms with E-state index in [1.807, 2.05) is 52.0 Å². The van der Waals surface area contributed by atoms with Crippen LogP contribution in [0.4, 0.5) is 56.6 Å². The summed E-state index contributed by atoms with van der Waals surface area (Å²) in [5, 5.41) is 12.0. The summed E-state index contributed by atoms with van der Waals surface area (Å²) in [6, 6.07) is 10.8. The summed E-state index contributed by atoms with van der Waals surface area (Å²) in [5.74, 6) is -6.41. The van der Waals surface area contributed by atoms with E-state index in [1.54, 1.807) is 6.92 Å². The minimum absolute atomic E-state index is 0.314. The standard InChI is InChI=1S/C8H4BrF3N2O3.C6H6BrN.C4F6O3.C3H4.2C2H6.C2H2/c9-4-1-2-5(6(3-4)14(16)17)13-7(15)8(10,11)12;7-5-1-3-6(8)4-2-5;5-3(6,7)1(11)13-2(12)4(8,9)10;1-3-2;3*1-2/h1-3H,(H,13,15);1-4H,8H2;;1H,2H3;2*1-2H3;1-2H. The molecule has 0 heterocycles. The third-order valence-electron chi connectivity index (χ3n) is 3.18. The van der Waals surface area contributed by atoms with Gasteiger partial charge in [-0.05, 0) is 43.3 Å². The predicted octanol–water partition coefficient (Wildman–Crippen LogP) is 9.01. The summed E-state index contributed by atoms with van der Waals surface area (Å²) in [6.07, 6.45) is -3.75. The number of alkyl halides is 9. The zero-order valence-corrected chi connectivity index (χ0v) is 28.1. The first-order chi connectivity index (χ1) is 21.5. The SMILES string of the molecule is C#C.C#CC.CC.CC.Nc1ccc(Br)cc1.O=C(Nc1ccc(Br)cc1[N+](=O)[O-])C(F)(F)F.O=C(OC(=O)C(F)(F)F)C(F)(F)F. The Kier molecular flexibility index (Phi) is 29.9. The van der Waals surface area contributed by atoms with Crippen molar-refractivity contribution >= 4 is 66.8 Å². The monoisotopic (exact) mass is 819 g/mol. The molecule has 0 aliphatic heterocycles. The number of terminal acetylenes is 2. The van der Waals surface area contributed by atoms with Crippen LogP contribution in [0.25, 0.3) is 0 Å². The van der Waals surface area contributed by atoms with Gasteiger partial charge in [-0.15, -0.1) is 25.2 Å². The molecular formula is C27H28Br2F9N3O6. The van der Waals surface area contributed by atoms with Crippen LogP contribution in [0.1, 0.15) is 34.6 Å². The third-order valence-corrected chi connectivity index (χ3v) is 4.20. The van der Waals surface area contributed by atoms with E-state index in [9.17, 15) is 64.0 Å². The second-order valence-corrected chi connectivity index (χ2v) is 8.21. The average Bonchev–Trinajstić information content (AvgIpc) is 2.98. The molecule has 0 saturated heterocycles. The van der Waals surface area contributed by atoms with E-state index < -0.39 is 52.7 Å². The number of hydrogen-bond acceptors (Lipinski definition) is 7. The number of carbonyl (C=O) groups excluding carboxylic acids is 3. The Labute approximate surface area is 280 Å². The number of esters is 2. The summed E-state index contributed by atoms with van der Waals surface area (Å²) in [5.41, 5.74) is 5.06. The van der Waals surface area contributed by atoms with Crippen LogP contribution in [0.3, 0.4) is 0 Å². The van der Waals surface area contributed by atoms with Gasteiger partial charge in [0.15, 0.2) is 0 Å². The number of nitrogen functional groups attached to an aromatic ring is 1. The molecule has 0 radical (unpaired) electrons. The van der Waals surface area contributed by atoms with Crippen LogP contribution < -0.4 is 11.1 Å². The molecule has 0 aromatic heterocycles. The van der Waals surface area contributed by atoms with Crippen LogP contribution in [0.5, 0.6) is 0 Å². The summed E-state index contributed by atoms with van der Waals surface area (Å²) < 4.78 is 107. The number of anilines is 2. The second kappa shape index (κ2) is 26.9. The van der Waals surface area contributed by atoms with Crippen molar-refractivity contribution in [2.75, 3.05) is 11.1 Å². The third kappa shape index (κ3) is 27.7. The maximum Gasteiger partial charge on any atom is 0.491 e. The number of nitro groups is 1. The van der Waals surface area contributed by atoms with Crippen LogP contribution in [-0.2, 0) is 19.1 Å². The first-order valence-corrected chi connectivity index (χ1v) is 13.5. The molecule has 1 amide bonds. The molecule has 0 aliphatic rings. The zero-order valence-electron chi connectivity index (χ0n) is 24.9. The molecule has 0 bridgehead atoms. The van der Waals surface area contributed by atoms with Crippen LogP contribution in [-0.4, -0.2) is 41.3 Å². The lowest BCUT2D eigenvalue weighted by Gasteiger charge is -2.08. The molecule has 47 heavy (non-hydrogen) atoms. The van der Waals surface area contributed by atoms with Gasteiger partial charge in [0.05, 0.1) is 4.92 Å². The number of nitrogens with zero attached hydrogens (tertiary/aromatic N) is 1. The van der Waals surface area contributed by atoms with Crippen molar-refractivity contribution < 1.29 is 63.6 Å². The smallest absolute Gasteiger partial charge is 0.399 e. The average molecular weight is 821 g/mol. The van der Waals surface area contributed by atoms with Crippen LogP contribution in [0.2, 0.25) is 0 Å².